The van der Waals surface area contributed by atoms with Crippen molar-refractivity contribution in [1.82, 2.24) is 25.1 Å². The number of hydrogen-bond donors (Lipinski definition) is 2. The Morgan fingerprint density at radius 2 is 1.96 bits per heavy atom. The van der Waals surface area contributed by atoms with Crippen LogP contribution in [0.15, 0.2) is 49.1 Å². The maximum atomic E-state index is 4.44. The van der Waals surface area contributed by atoms with Gasteiger partial charge in [-0.05, 0) is 36.7 Å². The molecule has 3 aromatic rings. The summed E-state index contributed by atoms with van der Waals surface area (Å²) in [5.74, 6) is 0.958. The molecule has 122 valence electrons. The molecule has 0 unspecified atom stereocenters. The molecule has 0 atom stereocenters. The lowest BCUT2D eigenvalue weighted by Gasteiger charge is -2.12. The zero-order valence-corrected chi connectivity index (χ0v) is 13.4. The highest BCUT2D eigenvalue weighted by Crippen LogP contribution is 2.19. The molecule has 0 bridgehead atoms. The quantitative estimate of drug-likeness (QED) is 0.769. The Balaban J connectivity index is 1.47. The molecule has 1 aromatic carbocycles. The smallest absolute Gasteiger partial charge is 0.133 e. The van der Waals surface area contributed by atoms with Crippen LogP contribution < -0.4 is 10.6 Å². The van der Waals surface area contributed by atoms with Crippen LogP contribution in [0.1, 0.15) is 16.8 Å². The van der Waals surface area contributed by atoms with Gasteiger partial charge in [-0.1, -0.05) is 12.1 Å². The van der Waals surface area contributed by atoms with Gasteiger partial charge in [0.15, 0.2) is 0 Å². The molecule has 0 spiro atoms. The molecule has 0 fully saturated rings. The highest BCUT2D eigenvalue weighted by atomic mass is 15.3. The topological polar surface area (TPSA) is 67.7 Å². The minimum absolute atomic E-state index is 0.746. The molecule has 6 nitrogen and oxygen atoms in total. The van der Waals surface area contributed by atoms with Crippen molar-refractivity contribution >= 4 is 5.82 Å². The van der Waals surface area contributed by atoms with Crippen LogP contribution in [-0.2, 0) is 19.4 Å². The van der Waals surface area contributed by atoms with E-state index in [2.05, 4.69) is 50.0 Å². The molecule has 2 N–H and O–H groups in total. The third-order valence-electron chi connectivity index (χ3n) is 4.29. The fraction of sp³-hybridized carbons (Fsp3) is 0.278. The van der Waals surface area contributed by atoms with Crippen LogP contribution in [0.25, 0.3) is 5.69 Å². The minimum Gasteiger partial charge on any atom is -0.366 e. The van der Waals surface area contributed by atoms with Crippen molar-refractivity contribution in [2.24, 2.45) is 0 Å². The van der Waals surface area contributed by atoms with Gasteiger partial charge in [0.05, 0.1) is 11.4 Å². The van der Waals surface area contributed by atoms with Crippen LogP contribution in [0.5, 0.6) is 0 Å². The Labute approximate surface area is 141 Å². The van der Waals surface area contributed by atoms with E-state index in [9.17, 15) is 0 Å². The summed E-state index contributed by atoms with van der Waals surface area (Å²) in [6.45, 7) is 2.71. The largest absolute Gasteiger partial charge is 0.366 e. The fourth-order valence-electron chi connectivity index (χ4n) is 3.00. The molecular formula is C18H20N6. The standard InChI is InChI=1S/C18H20N6/c1-8-23-24(11-1)15-4-2-14(3-5-15)12-20-18-16-6-9-19-10-7-17(16)21-13-22-18/h1-5,8,11,13,19H,6-7,9-10,12H2,(H,20,21,22). The molecule has 0 aliphatic carbocycles. The van der Waals surface area contributed by atoms with Crippen molar-refractivity contribution in [2.75, 3.05) is 18.4 Å². The Bertz CT molecular complexity index is 795. The monoisotopic (exact) mass is 320 g/mol. The maximum absolute atomic E-state index is 4.44. The predicted octanol–water partition coefficient (Wildman–Crippen LogP) is 1.96. The average molecular weight is 320 g/mol. The van der Waals surface area contributed by atoms with Crippen molar-refractivity contribution in [2.45, 2.75) is 19.4 Å². The van der Waals surface area contributed by atoms with Crippen LogP contribution in [0.4, 0.5) is 5.82 Å². The van der Waals surface area contributed by atoms with E-state index in [1.54, 1.807) is 12.5 Å². The van der Waals surface area contributed by atoms with Crippen LogP contribution in [0.2, 0.25) is 0 Å². The van der Waals surface area contributed by atoms with Crippen molar-refractivity contribution in [3.8, 4) is 5.69 Å². The Hall–Kier alpha value is -2.73. The summed E-state index contributed by atoms with van der Waals surface area (Å²) in [5.41, 5.74) is 4.68. The Kier molecular flexibility index (Phi) is 4.20. The summed E-state index contributed by atoms with van der Waals surface area (Å²) in [6.07, 6.45) is 7.32. The van der Waals surface area contributed by atoms with E-state index in [0.29, 0.717) is 0 Å². The van der Waals surface area contributed by atoms with Crippen LogP contribution in [-0.4, -0.2) is 32.8 Å². The first-order valence-electron chi connectivity index (χ1n) is 8.26. The van der Waals surface area contributed by atoms with Gasteiger partial charge in [0, 0.05) is 37.5 Å². The van der Waals surface area contributed by atoms with Crippen LogP contribution in [0, 0.1) is 0 Å². The number of aromatic nitrogens is 4. The zero-order valence-electron chi connectivity index (χ0n) is 13.4. The van der Waals surface area contributed by atoms with Gasteiger partial charge in [-0.15, -0.1) is 0 Å². The maximum Gasteiger partial charge on any atom is 0.133 e. The number of fused-ring (bicyclic) bond motifs is 1. The van der Waals surface area contributed by atoms with E-state index in [4.69, 9.17) is 0 Å². The normalized spacial score (nSPS) is 14.0. The summed E-state index contributed by atoms with van der Waals surface area (Å²) in [6, 6.07) is 10.3. The predicted molar refractivity (Wildman–Crippen MR) is 93.2 cm³/mol. The van der Waals surface area contributed by atoms with Gasteiger partial charge in [-0.2, -0.15) is 5.10 Å². The molecule has 6 heteroatoms. The summed E-state index contributed by atoms with van der Waals surface area (Å²) in [4.78, 5) is 8.88. The molecule has 1 aliphatic rings. The Morgan fingerprint density at radius 3 is 2.79 bits per heavy atom. The fourth-order valence-corrected chi connectivity index (χ4v) is 3.00. The van der Waals surface area contributed by atoms with Gasteiger partial charge < -0.3 is 10.6 Å². The number of benzene rings is 1. The van der Waals surface area contributed by atoms with Gasteiger partial charge in [-0.3, -0.25) is 0 Å². The number of nitrogens with one attached hydrogen (secondary N) is 2. The van der Waals surface area contributed by atoms with Crippen LogP contribution >= 0.6 is 0 Å². The zero-order chi connectivity index (χ0) is 16.2. The summed E-state index contributed by atoms with van der Waals surface area (Å²) in [7, 11) is 0. The molecule has 0 saturated heterocycles. The molecule has 3 heterocycles. The van der Waals surface area contributed by atoms with Gasteiger partial charge in [-0.25, -0.2) is 14.6 Å². The highest BCUT2D eigenvalue weighted by molar-refractivity contribution is 5.47. The first kappa shape index (κ1) is 14.8. The summed E-state index contributed by atoms with van der Waals surface area (Å²) in [5, 5.41) is 11.1. The van der Waals surface area contributed by atoms with Crippen molar-refractivity contribution in [3.63, 3.8) is 0 Å². The third-order valence-corrected chi connectivity index (χ3v) is 4.29. The molecule has 24 heavy (non-hydrogen) atoms. The average Bonchev–Trinajstić information content (AvgIpc) is 3.05. The number of nitrogens with zero attached hydrogens (tertiary/aromatic N) is 4. The van der Waals surface area contributed by atoms with Gasteiger partial charge >= 0.3 is 0 Å². The molecule has 0 amide bonds. The second-order valence-corrected chi connectivity index (χ2v) is 5.87. The first-order valence-corrected chi connectivity index (χ1v) is 8.26. The second kappa shape index (κ2) is 6.80. The molecule has 0 saturated carbocycles. The third kappa shape index (κ3) is 3.14. The molecule has 0 radical (unpaired) electrons. The van der Waals surface area contributed by atoms with Crippen molar-refractivity contribution < 1.29 is 0 Å². The SMILES string of the molecule is c1cnn(-c2ccc(CNc3ncnc4c3CCNCC4)cc2)c1. The lowest BCUT2D eigenvalue weighted by atomic mass is 10.1. The van der Waals surface area contributed by atoms with Gasteiger partial charge in [0.2, 0.25) is 0 Å². The van der Waals surface area contributed by atoms with E-state index in [1.807, 2.05) is 16.9 Å². The van der Waals surface area contributed by atoms with E-state index < -0.39 is 0 Å². The lowest BCUT2D eigenvalue weighted by molar-refractivity contribution is 0.708. The summed E-state index contributed by atoms with van der Waals surface area (Å²) >= 11 is 0. The molecular weight excluding hydrogens is 300 g/mol. The molecule has 4 rings (SSSR count). The van der Waals surface area contributed by atoms with Crippen molar-refractivity contribution in [1.29, 1.82) is 0 Å². The number of rotatable bonds is 4. The summed E-state index contributed by atoms with van der Waals surface area (Å²) < 4.78 is 1.86. The lowest BCUT2D eigenvalue weighted by Crippen LogP contribution is -2.16. The number of hydrogen-bond acceptors (Lipinski definition) is 5. The minimum atomic E-state index is 0.746. The van der Waals surface area contributed by atoms with E-state index in [1.165, 1.54) is 11.1 Å². The second-order valence-electron chi connectivity index (χ2n) is 5.87. The van der Waals surface area contributed by atoms with E-state index in [0.717, 1.165) is 49.7 Å². The van der Waals surface area contributed by atoms with Crippen molar-refractivity contribution in [3.05, 3.63) is 65.9 Å². The van der Waals surface area contributed by atoms with Gasteiger partial charge in [0.1, 0.15) is 12.1 Å². The molecule has 1 aliphatic heterocycles. The van der Waals surface area contributed by atoms with E-state index in [-0.39, 0.29) is 0 Å². The van der Waals surface area contributed by atoms with Gasteiger partial charge in [0.25, 0.3) is 0 Å². The molecule has 2 aromatic heterocycles. The van der Waals surface area contributed by atoms with Crippen LogP contribution in [0.3, 0.4) is 0 Å². The number of anilines is 1. The first-order chi connectivity index (χ1) is 11.9. The highest BCUT2D eigenvalue weighted by Gasteiger charge is 2.13. The Morgan fingerprint density at radius 1 is 1.08 bits per heavy atom. The van der Waals surface area contributed by atoms with E-state index >= 15 is 0 Å².